The van der Waals surface area contributed by atoms with Gasteiger partial charge in [-0.3, -0.25) is 4.79 Å². The molecule has 3 aliphatic heterocycles. The second-order valence-electron chi connectivity index (χ2n) is 12.0. The molecule has 0 spiro atoms. The third-order valence-corrected chi connectivity index (χ3v) is 10.5. The topological polar surface area (TPSA) is 79.3 Å². The molecular formula is C33H36N2O5S. The van der Waals surface area contributed by atoms with E-state index in [1.165, 1.54) is 22.6 Å². The number of hydrogen-bond acceptors (Lipinski definition) is 6. The summed E-state index contributed by atoms with van der Waals surface area (Å²) in [4.78, 5) is 31.6. The lowest BCUT2D eigenvalue weighted by atomic mass is 9.82. The number of carboxylic acid groups (broad SMARTS) is 1. The number of rotatable bonds is 6. The number of carboxylic acids is 1. The molecule has 7 nitrogen and oxygen atoms in total. The van der Waals surface area contributed by atoms with Crippen LogP contribution in [0, 0.1) is 11.8 Å². The summed E-state index contributed by atoms with van der Waals surface area (Å²) in [6.45, 7) is 3.81. The van der Waals surface area contributed by atoms with Gasteiger partial charge in [-0.25, -0.2) is 4.79 Å². The lowest BCUT2D eigenvalue weighted by molar-refractivity contribution is -0.123. The van der Waals surface area contributed by atoms with Crippen LogP contribution in [-0.2, 0) is 16.0 Å². The standard InChI is InChI=1S/C33H36N2O5S/c1-20-8-10-21(11-9-20)32(36)34(18-24-6-4-14-39-24)28-17-30(41-31(28)33(37)38)23-12-13-25-27-15-22-5-2-3-7-26(22)35(27)19-40-29(25)16-23/h2-3,5,7,12-13,16-17,20-21,24,27H,4,6,8-11,14-15,18-19H2,1H3,(H,37,38). The van der Waals surface area contributed by atoms with Crippen molar-refractivity contribution >= 4 is 34.6 Å². The van der Waals surface area contributed by atoms with Gasteiger partial charge >= 0.3 is 5.97 Å². The highest BCUT2D eigenvalue weighted by molar-refractivity contribution is 7.18. The van der Waals surface area contributed by atoms with E-state index in [0.29, 0.717) is 31.5 Å². The van der Waals surface area contributed by atoms with Gasteiger partial charge in [0.2, 0.25) is 5.91 Å². The molecule has 7 rings (SSSR count). The minimum absolute atomic E-state index is 0.0360. The fraction of sp³-hybridized carbons (Fsp3) is 0.455. The zero-order valence-corrected chi connectivity index (χ0v) is 24.2. The van der Waals surface area contributed by atoms with Crippen molar-refractivity contribution in [3.63, 3.8) is 0 Å². The molecule has 1 aliphatic carbocycles. The molecule has 1 saturated carbocycles. The van der Waals surface area contributed by atoms with Crippen LogP contribution < -0.4 is 14.5 Å². The maximum Gasteiger partial charge on any atom is 0.348 e. The van der Waals surface area contributed by atoms with Gasteiger partial charge in [0.25, 0.3) is 0 Å². The van der Waals surface area contributed by atoms with Crippen LogP contribution in [0.5, 0.6) is 5.75 Å². The average molecular weight is 573 g/mol. The van der Waals surface area contributed by atoms with Gasteiger partial charge in [0, 0.05) is 28.7 Å². The summed E-state index contributed by atoms with van der Waals surface area (Å²) in [7, 11) is 0. The number of thiophene rings is 1. The first kappa shape index (κ1) is 26.5. The molecule has 8 heteroatoms. The molecular weight excluding hydrogens is 536 g/mol. The number of aromatic carboxylic acids is 1. The zero-order valence-electron chi connectivity index (χ0n) is 23.4. The summed E-state index contributed by atoms with van der Waals surface area (Å²) in [6.07, 6.45) is 6.49. The Kier molecular flexibility index (Phi) is 6.99. The second-order valence-corrected chi connectivity index (χ2v) is 13.1. The number of amides is 1. The molecule has 2 unspecified atom stereocenters. The Labute approximate surface area is 244 Å². The number of carbonyl (C=O) groups is 2. The maximum atomic E-state index is 14.0. The van der Waals surface area contributed by atoms with Gasteiger partial charge in [0.1, 0.15) is 10.6 Å². The first-order valence-electron chi connectivity index (χ1n) is 14.9. The van der Waals surface area contributed by atoms with E-state index >= 15 is 0 Å². The Bertz CT molecular complexity index is 1470. The first-order valence-corrected chi connectivity index (χ1v) is 15.7. The minimum atomic E-state index is -1.01. The smallest absolute Gasteiger partial charge is 0.348 e. The Hall–Kier alpha value is -3.36. The van der Waals surface area contributed by atoms with Gasteiger partial charge in [-0.1, -0.05) is 37.3 Å². The largest absolute Gasteiger partial charge is 0.477 e. The monoisotopic (exact) mass is 572 g/mol. The molecule has 214 valence electrons. The lowest BCUT2D eigenvalue weighted by Gasteiger charge is -2.34. The fourth-order valence-electron chi connectivity index (χ4n) is 7.02. The summed E-state index contributed by atoms with van der Waals surface area (Å²) in [5.74, 6) is 0.422. The van der Waals surface area contributed by atoms with Crippen molar-refractivity contribution in [1.82, 2.24) is 0 Å². The van der Waals surface area contributed by atoms with Crippen LogP contribution >= 0.6 is 11.3 Å². The molecule has 41 heavy (non-hydrogen) atoms. The highest BCUT2D eigenvalue weighted by atomic mass is 32.1. The summed E-state index contributed by atoms with van der Waals surface area (Å²) in [6, 6.07) is 16.8. The van der Waals surface area contributed by atoms with Crippen LogP contribution in [0.2, 0.25) is 0 Å². The molecule has 2 fully saturated rings. The third-order valence-electron chi connectivity index (χ3n) is 9.35. The Morgan fingerprint density at radius 2 is 1.90 bits per heavy atom. The molecule has 4 heterocycles. The number of benzene rings is 2. The quantitative estimate of drug-likeness (QED) is 0.346. The van der Waals surface area contributed by atoms with Crippen LogP contribution in [0.4, 0.5) is 11.4 Å². The number of nitrogens with zero attached hydrogens (tertiary/aromatic N) is 2. The molecule has 2 atom stereocenters. The van der Waals surface area contributed by atoms with Crippen LogP contribution in [-0.4, -0.2) is 43.0 Å². The first-order chi connectivity index (χ1) is 20.0. The number of para-hydroxylation sites is 1. The predicted octanol–water partition coefficient (Wildman–Crippen LogP) is 6.91. The molecule has 2 aromatic carbocycles. The van der Waals surface area contributed by atoms with Crippen molar-refractivity contribution in [1.29, 1.82) is 0 Å². The maximum absolute atomic E-state index is 14.0. The molecule has 0 bridgehead atoms. The molecule has 4 aliphatic rings. The van der Waals surface area contributed by atoms with Crippen LogP contribution in [0.25, 0.3) is 10.4 Å². The summed E-state index contributed by atoms with van der Waals surface area (Å²) in [5, 5.41) is 10.3. The molecule has 1 amide bonds. The van der Waals surface area contributed by atoms with Crippen LogP contribution in [0.15, 0.2) is 48.5 Å². The van der Waals surface area contributed by atoms with Gasteiger partial charge in [-0.15, -0.1) is 11.3 Å². The third kappa shape index (κ3) is 4.91. The number of anilines is 2. The summed E-state index contributed by atoms with van der Waals surface area (Å²) >= 11 is 1.23. The van der Waals surface area contributed by atoms with E-state index in [0.717, 1.165) is 66.7 Å². The molecule has 0 radical (unpaired) electrons. The van der Waals surface area contributed by atoms with Gasteiger partial charge in [0.15, 0.2) is 6.73 Å². The number of ether oxygens (including phenoxy) is 2. The van der Waals surface area contributed by atoms with E-state index < -0.39 is 5.97 Å². The number of hydrogen-bond donors (Lipinski definition) is 1. The van der Waals surface area contributed by atoms with E-state index in [1.807, 2.05) is 12.1 Å². The van der Waals surface area contributed by atoms with Gasteiger partial charge in [-0.05, 0) is 80.2 Å². The summed E-state index contributed by atoms with van der Waals surface area (Å²) < 4.78 is 12.1. The predicted molar refractivity (Wildman–Crippen MR) is 160 cm³/mol. The highest BCUT2D eigenvalue weighted by Crippen LogP contribution is 2.47. The fourth-order valence-corrected chi connectivity index (χ4v) is 8.01. The van der Waals surface area contributed by atoms with Crippen molar-refractivity contribution in [2.24, 2.45) is 11.8 Å². The number of fused-ring (bicyclic) bond motifs is 5. The Balaban J connectivity index is 1.21. The molecule has 1 aromatic heterocycles. The second kappa shape index (κ2) is 10.8. The minimum Gasteiger partial charge on any atom is -0.477 e. The van der Waals surface area contributed by atoms with Crippen molar-refractivity contribution in [2.75, 3.05) is 29.7 Å². The van der Waals surface area contributed by atoms with E-state index in [4.69, 9.17) is 9.47 Å². The molecule has 1 N–H and O–H groups in total. The van der Waals surface area contributed by atoms with Crippen molar-refractivity contribution in [3.8, 4) is 16.2 Å². The van der Waals surface area contributed by atoms with E-state index in [1.54, 1.807) is 4.90 Å². The van der Waals surface area contributed by atoms with E-state index in [2.05, 4.69) is 48.2 Å². The number of carbonyl (C=O) groups excluding carboxylic acids is 1. The Morgan fingerprint density at radius 1 is 1.07 bits per heavy atom. The molecule has 1 saturated heterocycles. The van der Waals surface area contributed by atoms with E-state index in [-0.39, 0.29) is 28.8 Å². The van der Waals surface area contributed by atoms with E-state index in [9.17, 15) is 14.7 Å². The van der Waals surface area contributed by atoms with Gasteiger partial charge in [0.05, 0.1) is 24.4 Å². The lowest BCUT2D eigenvalue weighted by Crippen LogP contribution is -2.42. The van der Waals surface area contributed by atoms with Crippen molar-refractivity contribution in [3.05, 3.63) is 64.5 Å². The Morgan fingerprint density at radius 3 is 2.68 bits per heavy atom. The SMILES string of the molecule is CC1CCC(C(=O)N(CC2CCCO2)c2cc(-c3ccc4c(c3)OCN3c5ccccc5CC43)sc2C(=O)O)CC1. The van der Waals surface area contributed by atoms with Crippen LogP contribution in [0.1, 0.15) is 72.3 Å². The van der Waals surface area contributed by atoms with Crippen LogP contribution in [0.3, 0.4) is 0 Å². The zero-order chi connectivity index (χ0) is 28.1. The van der Waals surface area contributed by atoms with Gasteiger partial charge in [-0.2, -0.15) is 0 Å². The average Bonchev–Trinajstić information content (AvgIpc) is 3.74. The van der Waals surface area contributed by atoms with Gasteiger partial charge < -0.3 is 24.4 Å². The van der Waals surface area contributed by atoms with Crippen molar-refractivity contribution < 1.29 is 24.2 Å². The molecule has 3 aromatic rings. The highest BCUT2D eigenvalue weighted by Gasteiger charge is 2.37. The normalized spacial score (nSPS) is 24.8. The summed E-state index contributed by atoms with van der Waals surface area (Å²) in [5.41, 5.74) is 5.10. The van der Waals surface area contributed by atoms with Crippen molar-refractivity contribution in [2.45, 2.75) is 64.0 Å².